The van der Waals surface area contributed by atoms with Crippen LogP contribution in [0.15, 0.2) is 0 Å². The summed E-state index contributed by atoms with van der Waals surface area (Å²) in [6.07, 6.45) is 0.981. The van der Waals surface area contributed by atoms with Gasteiger partial charge in [0.25, 0.3) is 0 Å². The van der Waals surface area contributed by atoms with Gasteiger partial charge in [-0.25, -0.2) is 0 Å². The van der Waals surface area contributed by atoms with Crippen molar-refractivity contribution in [2.24, 2.45) is 16.6 Å². The summed E-state index contributed by atoms with van der Waals surface area (Å²) in [7, 11) is 0. The fraction of sp³-hybridized carbons (Fsp3) is 1.00. The lowest BCUT2D eigenvalue weighted by Gasteiger charge is -2.52. The van der Waals surface area contributed by atoms with Gasteiger partial charge in [0.05, 0.1) is 5.60 Å². The Kier molecular flexibility index (Phi) is 5.03. The monoisotopic (exact) mass is 229 g/mol. The van der Waals surface area contributed by atoms with Gasteiger partial charge in [-0.3, -0.25) is 0 Å². The molecule has 0 spiro atoms. The van der Waals surface area contributed by atoms with Crippen LogP contribution in [0.4, 0.5) is 0 Å². The van der Waals surface area contributed by atoms with Crippen molar-refractivity contribution in [2.45, 2.75) is 73.5 Å². The molecule has 2 nitrogen and oxygen atoms in total. The van der Waals surface area contributed by atoms with Crippen LogP contribution in [0.5, 0.6) is 0 Å². The molecule has 0 amide bonds. The average Bonchev–Trinajstić information content (AvgIpc) is 2.49. The van der Waals surface area contributed by atoms with Crippen molar-refractivity contribution >= 4 is 0 Å². The first-order valence-corrected chi connectivity index (χ1v) is 6.52. The fourth-order valence-corrected chi connectivity index (χ4v) is 3.33. The molecule has 1 rings (SSSR count). The highest BCUT2D eigenvalue weighted by molar-refractivity contribution is 5.09. The zero-order chi connectivity index (χ0) is 13.2. The van der Waals surface area contributed by atoms with Crippen molar-refractivity contribution in [3.05, 3.63) is 0 Å². The van der Waals surface area contributed by atoms with Gasteiger partial charge in [-0.2, -0.15) is 0 Å². The highest BCUT2D eigenvalue weighted by Crippen LogP contribution is 2.51. The largest absolute Gasteiger partial charge is 0.372 e. The maximum absolute atomic E-state index is 6.26. The van der Waals surface area contributed by atoms with Crippen LogP contribution >= 0.6 is 0 Å². The maximum Gasteiger partial charge on any atom is 0.0929 e. The van der Waals surface area contributed by atoms with E-state index in [1.165, 1.54) is 0 Å². The molecule has 0 aromatic rings. The molecular weight excluding hydrogens is 198 g/mol. The SMILES string of the molecule is CC.CC(C)(C)C1(C(C)(C)C)OCCC1N. The molecule has 0 aromatic carbocycles. The molecule has 1 aliphatic rings. The molecule has 1 heterocycles. The lowest BCUT2D eigenvalue weighted by atomic mass is 9.59. The van der Waals surface area contributed by atoms with Gasteiger partial charge in [0.2, 0.25) is 0 Å². The lowest BCUT2D eigenvalue weighted by Crippen LogP contribution is -2.62. The highest BCUT2D eigenvalue weighted by Gasteiger charge is 2.57. The predicted octanol–water partition coefficient (Wildman–Crippen LogP) is 3.59. The van der Waals surface area contributed by atoms with Crippen LogP contribution < -0.4 is 5.73 Å². The molecule has 0 saturated carbocycles. The number of rotatable bonds is 0. The topological polar surface area (TPSA) is 35.2 Å². The Bertz CT molecular complexity index is 196. The molecule has 0 bridgehead atoms. The molecule has 2 N–H and O–H groups in total. The van der Waals surface area contributed by atoms with Crippen LogP contribution in [-0.4, -0.2) is 18.2 Å². The van der Waals surface area contributed by atoms with Crippen molar-refractivity contribution in [1.29, 1.82) is 0 Å². The van der Waals surface area contributed by atoms with Crippen LogP contribution in [-0.2, 0) is 4.74 Å². The minimum absolute atomic E-state index is 0.0845. The third kappa shape index (κ3) is 2.43. The predicted molar refractivity (Wildman–Crippen MR) is 71.5 cm³/mol. The van der Waals surface area contributed by atoms with Crippen LogP contribution in [0, 0.1) is 10.8 Å². The fourth-order valence-electron chi connectivity index (χ4n) is 3.33. The Morgan fingerprint density at radius 2 is 1.38 bits per heavy atom. The summed E-state index contributed by atoms with van der Waals surface area (Å²) in [4.78, 5) is 0. The second-order valence-electron chi connectivity index (χ2n) is 6.48. The molecule has 0 aliphatic carbocycles. The van der Waals surface area contributed by atoms with E-state index < -0.39 is 0 Å². The first-order chi connectivity index (χ1) is 7.13. The Labute approximate surface area is 102 Å². The minimum Gasteiger partial charge on any atom is -0.372 e. The number of hydrogen-bond acceptors (Lipinski definition) is 2. The first kappa shape index (κ1) is 15.9. The molecule has 1 fully saturated rings. The van der Waals surface area contributed by atoms with E-state index in [9.17, 15) is 0 Å². The zero-order valence-electron chi connectivity index (χ0n) is 12.5. The van der Waals surface area contributed by atoms with Crippen LogP contribution in [0.3, 0.4) is 0 Å². The summed E-state index contributed by atoms with van der Waals surface area (Å²) in [5.41, 5.74) is 6.24. The molecule has 1 atom stereocenters. The summed E-state index contributed by atoms with van der Waals surface area (Å²) in [5, 5.41) is 0. The van der Waals surface area contributed by atoms with Crippen molar-refractivity contribution in [2.75, 3.05) is 6.61 Å². The number of hydrogen-bond donors (Lipinski definition) is 1. The van der Waals surface area contributed by atoms with Gasteiger partial charge in [-0.05, 0) is 17.3 Å². The highest BCUT2D eigenvalue weighted by atomic mass is 16.5. The van der Waals surface area contributed by atoms with Crippen molar-refractivity contribution < 1.29 is 4.74 Å². The van der Waals surface area contributed by atoms with E-state index in [0.717, 1.165) is 13.0 Å². The number of nitrogens with two attached hydrogens (primary N) is 1. The molecule has 1 unspecified atom stereocenters. The van der Waals surface area contributed by atoms with E-state index in [-0.39, 0.29) is 22.5 Å². The molecule has 2 heteroatoms. The Balaban J connectivity index is 0.00000106. The molecule has 16 heavy (non-hydrogen) atoms. The normalized spacial score (nSPS) is 24.9. The van der Waals surface area contributed by atoms with Gasteiger partial charge < -0.3 is 10.5 Å². The average molecular weight is 229 g/mol. The summed E-state index contributed by atoms with van der Waals surface area (Å²) in [6, 6.07) is 0.155. The van der Waals surface area contributed by atoms with Crippen molar-refractivity contribution in [3.63, 3.8) is 0 Å². The van der Waals surface area contributed by atoms with E-state index in [4.69, 9.17) is 10.5 Å². The first-order valence-electron chi connectivity index (χ1n) is 6.52. The van der Waals surface area contributed by atoms with Gasteiger partial charge in [-0.1, -0.05) is 55.4 Å². The summed E-state index contributed by atoms with van der Waals surface area (Å²) < 4.78 is 6.06. The zero-order valence-corrected chi connectivity index (χ0v) is 12.5. The summed E-state index contributed by atoms with van der Waals surface area (Å²) in [6.45, 7) is 18.2. The van der Waals surface area contributed by atoms with E-state index in [1.54, 1.807) is 0 Å². The second-order valence-corrected chi connectivity index (χ2v) is 6.48. The third-order valence-electron chi connectivity index (χ3n) is 3.51. The Hall–Kier alpha value is -0.0800. The van der Waals surface area contributed by atoms with Gasteiger partial charge in [0, 0.05) is 12.6 Å². The molecular formula is C14H31NO. The minimum atomic E-state index is -0.194. The summed E-state index contributed by atoms with van der Waals surface area (Å²) >= 11 is 0. The van der Waals surface area contributed by atoms with Gasteiger partial charge >= 0.3 is 0 Å². The molecule has 1 saturated heterocycles. The summed E-state index contributed by atoms with van der Waals surface area (Å²) in [5.74, 6) is 0. The molecule has 0 aromatic heterocycles. The van der Waals surface area contributed by atoms with Crippen LogP contribution in [0.2, 0.25) is 0 Å². The molecule has 1 aliphatic heterocycles. The number of ether oxygens (including phenoxy) is 1. The van der Waals surface area contributed by atoms with Crippen molar-refractivity contribution in [1.82, 2.24) is 0 Å². The maximum atomic E-state index is 6.26. The van der Waals surface area contributed by atoms with Gasteiger partial charge in [0.1, 0.15) is 0 Å². The third-order valence-corrected chi connectivity index (χ3v) is 3.51. The van der Waals surface area contributed by atoms with Crippen molar-refractivity contribution in [3.8, 4) is 0 Å². The van der Waals surface area contributed by atoms with E-state index in [2.05, 4.69) is 41.5 Å². The Morgan fingerprint density at radius 3 is 1.50 bits per heavy atom. The standard InChI is InChI=1S/C12H25NO.C2H6/c1-10(2,3)12(11(4,5)6)9(13)7-8-14-12;1-2/h9H,7-8,13H2,1-6H3;1-2H3. The van der Waals surface area contributed by atoms with E-state index >= 15 is 0 Å². The van der Waals surface area contributed by atoms with Gasteiger partial charge in [-0.15, -0.1) is 0 Å². The van der Waals surface area contributed by atoms with E-state index in [0.29, 0.717) is 0 Å². The molecule has 98 valence electrons. The lowest BCUT2D eigenvalue weighted by molar-refractivity contribution is -0.155. The smallest absolute Gasteiger partial charge is 0.0929 e. The second kappa shape index (κ2) is 5.05. The van der Waals surface area contributed by atoms with Crippen LogP contribution in [0.25, 0.3) is 0 Å². The Morgan fingerprint density at radius 1 is 1.00 bits per heavy atom. The van der Waals surface area contributed by atoms with Gasteiger partial charge in [0.15, 0.2) is 0 Å². The molecule has 0 radical (unpaired) electrons. The van der Waals surface area contributed by atoms with E-state index in [1.807, 2.05) is 13.8 Å². The quantitative estimate of drug-likeness (QED) is 0.689. The van der Waals surface area contributed by atoms with Crippen LogP contribution in [0.1, 0.15) is 61.8 Å².